The molecular formula is C25H21ClN4O2. The molecule has 0 radical (unpaired) electrons. The van der Waals surface area contributed by atoms with Crippen LogP contribution in [0.4, 0.5) is 0 Å². The molecule has 5 rings (SSSR count). The van der Waals surface area contributed by atoms with E-state index in [0.29, 0.717) is 22.7 Å². The maximum atomic E-state index is 9.26. The molecule has 2 aliphatic rings. The Morgan fingerprint density at radius 2 is 2.25 bits per heavy atom. The molecule has 3 aromatic rings. The molecule has 2 aliphatic heterocycles. The van der Waals surface area contributed by atoms with E-state index in [1.165, 1.54) is 6.08 Å². The van der Waals surface area contributed by atoms with Gasteiger partial charge < -0.3 is 14.6 Å². The maximum Gasteiger partial charge on any atom is 0.182 e. The zero-order chi connectivity index (χ0) is 22.2. The van der Waals surface area contributed by atoms with Gasteiger partial charge in [0.15, 0.2) is 11.9 Å². The van der Waals surface area contributed by atoms with Gasteiger partial charge in [0.2, 0.25) is 0 Å². The highest BCUT2D eigenvalue weighted by Crippen LogP contribution is 2.46. The van der Waals surface area contributed by atoms with Crippen molar-refractivity contribution in [1.82, 2.24) is 15.5 Å². The highest BCUT2D eigenvalue weighted by Gasteiger charge is 2.34. The Morgan fingerprint density at radius 3 is 3.06 bits per heavy atom. The third-order valence-corrected chi connectivity index (χ3v) is 6.22. The predicted octanol–water partition coefficient (Wildman–Crippen LogP) is 5.11. The molecule has 0 fully saturated rings. The number of allylic oxidation sites excluding steroid dienone is 2. The maximum absolute atomic E-state index is 9.26. The van der Waals surface area contributed by atoms with Gasteiger partial charge in [-0.15, -0.1) is 0 Å². The second-order valence-corrected chi connectivity index (χ2v) is 8.37. The zero-order valence-corrected chi connectivity index (χ0v) is 18.4. The summed E-state index contributed by atoms with van der Waals surface area (Å²) in [7, 11) is 0. The quantitative estimate of drug-likeness (QED) is 0.444. The minimum atomic E-state index is -0.245. The molecule has 4 heterocycles. The van der Waals surface area contributed by atoms with Crippen molar-refractivity contribution in [3.8, 4) is 22.9 Å². The summed E-state index contributed by atoms with van der Waals surface area (Å²) in [6.07, 6.45) is 6.25. The summed E-state index contributed by atoms with van der Waals surface area (Å²) in [5.41, 5.74) is 7.08. The topological polar surface area (TPSA) is 84.0 Å². The van der Waals surface area contributed by atoms with Crippen molar-refractivity contribution in [2.24, 2.45) is 0 Å². The molecule has 0 aliphatic carbocycles. The molecular weight excluding hydrogens is 424 g/mol. The van der Waals surface area contributed by atoms with E-state index >= 15 is 0 Å². The average Bonchev–Trinajstić information content (AvgIpc) is 3.42. The SMILES string of the molecule is C=C/C(C#N)=C\c1nccc(-c2cc(Cl)cc3c2O[C@@H](c2onc4c2CNCC4)C3)c1C. The van der Waals surface area contributed by atoms with Crippen molar-refractivity contribution < 1.29 is 9.26 Å². The molecule has 0 saturated carbocycles. The third-order valence-electron chi connectivity index (χ3n) is 6.00. The second kappa shape index (κ2) is 8.27. The van der Waals surface area contributed by atoms with E-state index in [2.05, 4.69) is 28.1 Å². The minimum Gasteiger partial charge on any atom is -0.481 e. The van der Waals surface area contributed by atoms with Gasteiger partial charge in [0.1, 0.15) is 5.75 Å². The van der Waals surface area contributed by atoms with Gasteiger partial charge in [0, 0.05) is 53.8 Å². The van der Waals surface area contributed by atoms with Crippen LogP contribution >= 0.6 is 11.6 Å². The van der Waals surface area contributed by atoms with Crippen molar-refractivity contribution in [3.05, 3.63) is 81.5 Å². The number of benzene rings is 1. The third kappa shape index (κ3) is 3.50. The van der Waals surface area contributed by atoms with Gasteiger partial charge in [-0.2, -0.15) is 5.26 Å². The van der Waals surface area contributed by atoms with Crippen LogP contribution in [-0.4, -0.2) is 16.7 Å². The Bertz CT molecular complexity index is 1300. The lowest BCUT2D eigenvalue weighted by atomic mass is 9.96. The molecule has 7 heteroatoms. The first-order valence-electron chi connectivity index (χ1n) is 10.5. The van der Waals surface area contributed by atoms with E-state index in [-0.39, 0.29) is 6.10 Å². The fraction of sp³-hybridized carbons (Fsp3) is 0.240. The van der Waals surface area contributed by atoms with Crippen molar-refractivity contribution in [2.75, 3.05) is 6.54 Å². The first-order valence-corrected chi connectivity index (χ1v) is 10.8. The van der Waals surface area contributed by atoms with Crippen LogP contribution in [0.2, 0.25) is 5.02 Å². The fourth-order valence-electron chi connectivity index (χ4n) is 4.36. The average molecular weight is 445 g/mol. The lowest BCUT2D eigenvalue weighted by Gasteiger charge is -2.16. The van der Waals surface area contributed by atoms with E-state index in [9.17, 15) is 5.26 Å². The molecule has 1 atom stereocenters. The molecule has 2 aromatic heterocycles. The molecule has 0 amide bonds. The van der Waals surface area contributed by atoms with Crippen LogP contribution in [0.5, 0.6) is 5.75 Å². The van der Waals surface area contributed by atoms with Crippen LogP contribution in [0.3, 0.4) is 0 Å². The van der Waals surface area contributed by atoms with Gasteiger partial charge >= 0.3 is 0 Å². The molecule has 1 N–H and O–H groups in total. The highest BCUT2D eigenvalue weighted by molar-refractivity contribution is 6.31. The Hall–Kier alpha value is -3.40. The second-order valence-electron chi connectivity index (χ2n) is 7.94. The Balaban J connectivity index is 1.56. The standard InChI is InChI=1S/C25H21ClN4O2/c1-3-15(12-27)8-22-14(2)18(4-7-29-22)19-11-17(26)9-16-10-23(31-24(16)19)25-20-13-28-6-5-21(20)30-32-25/h3-4,7-9,11,23,28H,1,5-6,10,13H2,2H3/b15-8+/t23-/m1/s1. The number of hydrogen-bond acceptors (Lipinski definition) is 6. The van der Waals surface area contributed by atoms with Crippen LogP contribution in [0.15, 0.2) is 47.1 Å². The van der Waals surface area contributed by atoms with Gasteiger partial charge in [-0.3, -0.25) is 4.98 Å². The first kappa shape index (κ1) is 20.5. The van der Waals surface area contributed by atoms with E-state index < -0.39 is 0 Å². The number of rotatable bonds is 4. The van der Waals surface area contributed by atoms with E-state index in [1.807, 2.05) is 25.1 Å². The van der Waals surface area contributed by atoms with Gasteiger partial charge in [-0.1, -0.05) is 29.4 Å². The summed E-state index contributed by atoms with van der Waals surface area (Å²) in [5.74, 6) is 1.58. The molecule has 160 valence electrons. The van der Waals surface area contributed by atoms with Crippen molar-refractivity contribution in [1.29, 1.82) is 5.26 Å². The summed E-state index contributed by atoms with van der Waals surface area (Å²) in [6.45, 7) is 7.31. The van der Waals surface area contributed by atoms with Crippen LogP contribution in [0.1, 0.15) is 39.9 Å². The van der Waals surface area contributed by atoms with Crippen molar-refractivity contribution in [2.45, 2.75) is 32.4 Å². The predicted molar refractivity (Wildman–Crippen MR) is 122 cm³/mol. The minimum absolute atomic E-state index is 0.245. The van der Waals surface area contributed by atoms with Crippen molar-refractivity contribution in [3.63, 3.8) is 0 Å². The monoisotopic (exact) mass is 444 g/mol. The van der Waals surface area contributed by atoms with Crippen molar-refractivity contribution >= 4 is 17.7 Å². The lowest BCUT2D eigenvalue weighted by Crippen LogP contribution is -2.24. The summed E-state index contributed by atoms with van der Waals surface area (Å²) >= 11 is 6.50. The molecule has 0 unspecified atom stereocenters. The van der Waals surface area contributed by atoms with E-state index in [4.69, 9.17) is 20.9 Å². The number of nitrogens with zero attached hydrogens (tertiary/aromatic N) is 3. The summed E-state index contributed by atoms with van der Waals surface area (Å²) in [5, 5.41) is 17.5. The normalized spacial score (nSPS) is 17.3. The molecule has 32 heavy (non-hydrogen) atoms. The number of nitriles is 1. The van der Waals surface area contributed by atoms with Crippen LogP contribution in [-0.2, 0) is 19.4 Å². The lowest BCUT2D eigenvalue weighted by molar-refractivity contribution is 0.189. The summed E-state index contributed by atoms with van der Waals surface area (Å²) in [6, 6.07) is 7.92. The molecule has 6 nitrogen and oxygen atoms in total. The van der Waals surface area contributed by atoms with E-state index in [1.54, 1.807) is 12.3 Å². The smallest absolute Gasteiger partial charge is 0.182 e. The van der Waals surface area contributed by atoms with Gasteiger partial charge in [0.25, 0.3) is 0 Å². The summed E-state index contributed by atoms with van der Waals surface area (Å²) < 4.78 is 12.2. The molecule has 0 bridgehead atoms. The number of pyridine rings is 1. The fourth-order valence-corrected chi connectivity index (χ4v) is 4.60. The number of fused-ring (bicyclic) bond motifs is 2. The number of aromatic nitrogens is 2. The van der Waals surface area contributed by atoms with Gasteiger partial charge in [-0.05, 0) is 42.3 Å². The highest BCUT2D eigenvalue weighted by atomic mass is 35.5. The number of hydrogen-bond donors (Lipinski definition) is 1. The number of nitrogens with one attached hydrogen (secondary N) is 1. The Labute approximate surface area is 191 Å². The molecule has 0 spiro atoms. The number of ether oxygens (including phenoxy) is 1. The van der Waals surface area contributed by atoms with Crippen LogP contribution in [0.25, 0.3) is 17.2 Å². The van der Waals surface area contributed by atoms with Crippen LogP contribution in [0, 0.1) is 18.3 Å². The zero-order valence-electron chi connectivity index (χ0n) is 17.6. The largest absolute Gasteiger partial charge is 0.481 e. The van der Waals surface area contributed by atoms with E-state index in [0.717, 1.165) is 64.5 Å². The number of halogens is 1. The Morgan fingerprint density at radius 1 is 1.38 bits per heavy atom. The molecule has 0 saturated heterocycles. The first-order chi connectivity index (χ1) is 15.6. The Kier molecular flexibility index (Phi) is 5.30. The van der Waals surface area contributed by atoms with Gasteiger partial charge in [-0.25, -0.2) is 0 Å². The molecule has 1 aromatic carbocycles. The summed E-state index contributed by atoms with van der Waals surface area (Å²) in [4.78, 5) is 4.44. The van der Waals surface area contributed by atoms with Gasteiger partial charge in [0.05, 0.1) is 23.0 Å². The van der Waals surface area contributed by atoms with Crippen LogP contribution < -0.4 is 10.1 Å².